The minimum absolute atomic E-state index is 0.262. The minimum atomic E-state index is -0.944. The number of aromatic nitrogens is 3. The van der Waals surface area contributed by atoms with E-state index in [-0.39, 0.29) is 11.8 Å². The monoisotopic (exact) mass is 410 g/mol. The summed E-state index contributed by atoms with van der Waals surface area (Å²) in [7, 11) is 3.38. The molecule has 7 heteroatoms. The molecule has 0 saturated heterocycles. The van der Waals surface area contributed by atoms with Crippen LogP contribution in [0, 0.1) is 11.7 Å². The number of pyridine rings is 1. The quantitative estimate of drug-likeness (QED) is 0.567. The van der Waals surface area contributed by atoms with E-state index in [2.05, 4.69) is 15.0 Å². The zero-order valence-electron chi connectivity index (χ0n) is 17.0. The smallest absolute Gasteiger partial charge is 0.228 e. The molecule has 0 N–H and O–H groups in total. The Morgan fingerprint density at radius 1 is 1.13 bits per heavy atom. The summed E-state index contributed by atoms with van der Waals surface area (Å²) >= 11 is 0. The molecule has 0 spiro atoms. The molecule has 1 unspecified atom stereocenters. The molecule has 0 bridgehead atoms. The number of hydrogen-bond donors (Lipinski definition) is 0. The first-order valence-corrected chi connectivity index (χ1v) is 10.0. The Morgan fingerprint density at radius 2 is 1.93 bits per heavy atom. The van der Waals surface area contributed by atoms with E-state index in [1.165, 1.54) is 6.07 Å². The third kappa shape index (κ3) is 3.97. The van der Waals surface area contributed by atoms with Gasteiger partial charge in [0.25, 0.3) is 0 Å². The molecule has 156 valence electrons. The molecule has 1 aliphatic rings. The van der Waals surface area contributed by atoms with E-state index in [1.54, 1.807) is 30.5 Å². The predicted octanol–water partition coefficient (Wildman–Crippen LogP) is 4.65. The van der Waals surface area contributed by atoms with Gasteiger partial charge in [-0.25, -0.2) is 13.8 Å². The largest absolute Gasteiger partial charge is 0.480 e. The number of hydrogen-bond acceptors (Lipinski definition) is 5. The van der Waals surface area contributed by atoms with Crippen molar-refractivity contribution in [1.29, 1.82) is 0 Å². The number of benzene rings is 1. The van der Waals surface area contributed by atoms with Crippen molar-refractivity contribution in [3.8, 4) is 17.0 Å². The minimum Gasteiger partial charge on any atom is -0.480 e. The molecule has 2 aromatic heterocycles. The van der Waals surface area contributed by atoms with Crippen molar-refractivity contribution in [2.24, 2.45) is 5.92 Å². The maximum atomic E-state index is 14.4. The van der Waals surface area contributed by atoms with Gasteiger partial charge >= 0.3 is 0 Å². The van der Waals surface area contributed by atoms with Gasteiger partial charge in [0, 0.05) is 37.8 Å². The van der Waals surface area contributed by atoms with Crippen LogP contribution in [0.4, 0.5) is 14.7 Å². The van der Waals surface area contributed by atoms with Gasteiger partial charge in [-0.1, -0.05) is 30.3 Å². The van der Waals surface area contributed by atoms with Crippen LogP contribution >= 0.6 is 0 Å². The highest BCUT2D eigenvalue weighted by atomic mass is 19.1. The Bertz CT molecular complexity index is 1000. The Balaban J connectivity index is 1.61. The Hall–Kier alpha value is -3.09. The number of alkyl halides is 1. The normalized spacial score (nSPS) is 19.1. The van der Waals surface area contributed by atoms with Crippen LogP contribution in [0.5, 0.6) is 5.88 Å². The van der Waals surface area contributed by atoms with Crippen molar-refractivity contribution in [1.82, 2.24) is 15.0 Å². The van der Waals surface area contributed by atoms with Crippen molar-refractivity contribution >= 4 is 5.95 Å². The van der Waals surface area contributed by atoms with Gasteiger partial charge in [0.1, 0.15) is 12.0 Å². The van der Waals surface area contributed by atoms with Gasteiger partial charge in [0.2, 0.25) is 11.8 Å². The molecule has 4 rings (SSSR count). The van der Waals surface area contributed by atoms with Crippen LogP contribution < -0.4 is 9.64 Å². The lowest BCUT2D eigenvalue weighted by molar-refractivity contribution is 0.0878. The summed E-state index contributed by atoms with van der Waals surface area (Å²) in [5.41, 5.74) is 2.03. The number of nitrogens with zero attached hydrogens (tertiary/aromatic N) is 4. The lowest BCUT2D eigenvalue weighted by atomic mass is 9.72. The SMILES string of the molecule is COc1nc(N(C)C[C@H](c2ncccc2F)C2CC[C@@H]2F)ncc1-c1ccccc1. The first-order valence-electron chi connectivity index (χ1n) is 10.0. The maximum Gasteiger partial charge on any atom is 0.228 e. The Labute approximate surface area is 174 Å². The van der Waals surface area contributed by atoms with Gasteiger partial charge < -0.3 is 9.64 Å². The molecule has 1 aliphatic carbocycles. The van der Waals surface area contributed by atoms with Gasteiger partial charge in [-0.05, 0) is 30.5 Å². The van der Waals surface area contributed by atoms with E-state index in [0.717, 1.165) is 11.1 Å². The second-order valence-electron chi connectivity index (χ2n) is 7.57. The van der Waals surface area contributed by atoms with Crippen LogP contribution in [0.1, 0.15) is 24.5 Å². The molecule has 30 heavy (non-hydrogen) atoms. The second-order valence-corrected chi connectivity index (χ2v) is 7.57. The number of likely N-dealkylation sites (N-methyl/N-ethyl adjacent to an activating group) is 1. The van der Waals surface area contributed by atoms with Gasteiger partial charge in [-0.3, -0.25) is 4.98 Å². The number of halogens is 2. The summed E-state index contributed by atoms with van der Waals surface area (Å²) in [4.78, 5) is 15.0. The first kappa shape index (κ1) is 20.2. The number of anilines is 1. The van der Waals surface area contributed by atoms with Crippen molar-refractivity contribution in [2.75, 3.05) is 25.6 Å². The van der Waals surface area contributed by atoms with E-state index in [0.29, 0.717) is 36.9 Å². The first-order chi connectivity index (χ1) is 14.6. The van der Waals surface area contributed by atoms with Crippen LogP contribution in [-0.2, 0) is 0 Å². The van der Waals surface area contributed by atoms with E-state index < -0.39 is 12.0 Å². The zero-order valence-corrected chi connectivity index (χ0v) is 17.0. The van der Waals surface area contributed by atoms with E-state index in [1.807, 2.05) is 37.4 Å². The topological polar surface area (TPSA) is 51.1 Å². The summed E-state index contributed by atoms with van der Waals surface area (Å²) in [5.74, 6) is -0.174. The number of ether oxygens (including phenoxy) is 1. The Morgan fingerprint density at radius 3 is 2.57 bits per heavy atom. The summed E-state index contributed by atoms with van der Waals surface area (Å²) in [6.07, 6.45) is 3.54. The lowest BCUT2D eigenvalue weighted by Crippen LogP contribution is -2.39. The fourth-order valence-corrected chi connectivity index (χ4v) is 3.92. The average molecular weight is 410 g/mol. The molecule has 3 atom stereocenters. The van der Waals surface area contributed by atoms with Crippen molar-refractivity contribution in [3.63, 3.8) is 0 Å². The van der Waals surface area contributed by atoms with E-state index in [9.17, 15) is 8.78 Å². The highest BCUT2D eigenvalue weighted by molar-refractivity contribution is 5.68. The predicted molar refractivity (Wildman–Crippen MR) is 112 cm³/mol. The summed E-state index contributed by atoms with van der Waals surface area (Å²) in [5, 5.41) is 0. The molecule has 3 aromatic rings. The van der Waals surface area contributed by atoms with Crippen molar-refractivity contribution in [3.05, 3.63) is 66.4 Å². The van der Waals surface area contributed by atoms with E-state index >= 15 is 0 Å². The van der Waals surface area contributed by atoms with Gasteiger partial charge in [0.15, 0.2) is 0 Å². The number of rotatable bonds is 7. The van der Waals surface area contributed by atoms with Gasteiger partial charge in [-0.15, -0.1) is 0 Å². The molecule has 0 amide bonds. The zero-order chi connectivity index (χ0) is 21.1. The third-order valence-corrected chi connectivity index (χ3v) is 5.73. The summed E-state index contributed by atoms with van der Waals surface area (Å²) in [6, 6.07) is 12.7. The van der Waals surface area contributed by atoms with Crippen molar-refractivity contribution in [2.45, 2.75) is 24.9 Å². The highest BCUT2D eigenvalue weighted by Gasteiger charge is 2.40. The molecular formula is C23H24F2N4O. The molecular weight excluding hydrogens is 386 g/mol. The molecule has 2 heterocycles. The van der Waals surface area contributed by atoms with Gasteiger partial charge in [-0.2, -0.15) is 4.98 Å². The highest BCUT2D eigenvalue weighted by Crippen LogP contribution is 2.42. The van der Waals surface area contributed by atoms with Crippen molar-refractivity contribution < 1.29 is 13.5 Å². The van der Waals surface area contributed by atoms with Crippen LogP contribution in [-0.4, -0.2) is 41.8 Å². The Kier molecular flexibility index (Phi) is 5.88. The average Bonchev–Trinajstić information content (AvgIpc) is 2.78. The van der Waals surface area contributed by atoms with Crippen LogP contribution in [0.25, 0.3) is 11.1 Å². The van der Waals surface area contributed by atoms with Gasteiger partial charge in [0.05, 0.1) is 18.4 Å². The van der Waals surface area contributed by atoms with Crippen LogP contribution in [0.15, 0.2) is 54.9 Å². The third-order valence-electron chi connectivity index (χ3n) is 5.73. The molecule has 0 radical (unpaired) electrons. The molecule has 1 fully saturated rings. The molecule has 0 aliphatic heterocycles. The summed E-state index contributed by atoms with van der Waals surface area (Å²) in [6.45, 7) is 0.354. The summed E-state index contributed by atoms with van der Waals surface area (Å²) < 4.78 is 34.2. The standard InChI is InChI=1S/C23H24F2N4O/c1-29(14-18(16-10-11-19(16)24)21-20(25)9-6-12-26-21)23-27-13-17(22(28-23)30-2)15-7-4-3-5-8-15/h3-9,12-13,16,18-19H,10-11,14H2,1-2H3/t16?,18-,19-/m0/s1. The lowest BCUT2D eigenvalue weighted by Gasteiger charge is -2.38. The maximum absolute atomic E-state index is 14.4. The molecule has 1 aromatic carbocycles. The number of methoxy groups -OCH3 is 1. The fraction of sp³-hybridized carbons (Fsp3) is 0.348. The fourth-order valence-electron chi connectivity index (χ4n) is 3.92. The molecule has 5 nitrogen and oxygen atoms in total. The van der Waals surface area contributed by atoms with Crippen LogP contribution in [0.3, 0.4) is 0 Å². The van der Waals surface area contributed by atoms with E-state index in [4.69, 9.17) is 4.74 Å². The second kappa shape index (κ2) is 8.73. The molecule has 1 saturated carbocycles. The van der Waals surface area contributed by atoms with Crippen LogP contribution in [0.2, 0.25) is 0 Å².